The fraction of sp³-hybridized carbons (Fsp3) is 0.130. The van der Waals surface area contributed by atoms with Gasteiger partial charge in [0.1, 0.15) is 12.4 Å². The van der Waals surface area contributed by atoms with Crippen LogP contribution in [-0.4, -0.2) is 23.0 Å². The zero-order valence-electron chi connectivity index (χ0n) is 18.4. The minimum atomic E-state index is -1.48. The van der Waals surface area contributed by atoms with E-state index in [9.17, 15) is 18.9 Å². The number of ether oxygens (including phenoxy) is 2. The van der Waals surface area contributed by atoms with E-state index in [4.69, 9.17) is 15.2 Å². The summed E-state index contributed by atoms with van der Waals surface area (Å²) in [5.74, 6) is -1.59. The van der Waals surface area contributed by atoms with E-state index in [1.165, 1.54) is 31.5 Å². The second-order valence-electron chi connectivity index (χ2n) is 7.40. The molecule has 3 aromatic rings. The summed E-state index contributed by atoms with van der Waals surface area (Å²) in [6, 6.07) is 11.4. The Morgan fingerprint density at radius 3 is 2.69 bits per heavy atom. The van der Waals surface area contributed by atoms with Gasteiger partial charge in [-0.25, -0.2) is 9.38 Å². The van der Waals surface area contributed by atoms with Gasteiger partial charge in [-0.15, -0.1) is 0 Å². The average Bonchev–Trinajstić information content (AvgIpc) is 2.84. The molecule has 1 atom stereocenters. The van der Waals surface area contributed by atoms with E-state index in [1.807, 2.05) is 0 Å². The number of hydrogen-bond acceptors (Lipinski definition) is 9. The highest BCUT2D eigenvalue weighted by Crippen LogP contribution is 2.33. The molecule has 2 heterocycles. The van der Waals surface area contributed by atoms with Crippen molar-refractivity contribution in [3.63, 3.8) is 0 Å². The number of nitro benzene ring substituents is 1. The molecule has 0 saturated heterocycles. The predicted octanol–water partition coefficient (Wildman–Crippen LogP) is 3.55. The number of nitrogens with two attached hydrogens (primary N) is 1. The summed E-state index contributed by atoms with van der Waals surface area (Å²) in [4.78, 5) is 18.7. The standard InChI is InChI=1S/C23H20F2N6O4/c1-34-21-11-16(24)19(31(32)33)12-18(21)29-22-28-9-7-23(26,30-22)14-5-6-20(17(25)10-14)35-13-15-4-2-3-8-27-15/h2-12H,13,26H2,1H3,(H2,28,29,30). The van der Waals surface area contributed by atoms with Crippen LogP contribution in [0.2, 0.25) is 0 Å². The Kier molecular flexibility index (Phi) is 6.55. The number of anilines is 1. The molecular weight excluding hydrogens is 462 g/mol. The van der Waals surface area contributed by atoms with Gasteiger partial charge in [0.05, 0.1) is 23.4 Å². The average molecular weight is 482 g/mol. The fourth-order valence-corrected chi connectivity index (χ4v) is 3.31. The Labute approximate surface area is 198 Å². The normalized spacial score (nSPS) is 16.7. The summed E-state index contributed by atoms with van der Waals surface area (Å²) >= 11 is 0. The molecule has 4 rings (SSSR count). The maximum Gasteiger partial charge on any atom is 0.307 e. The van der Waals surface area contributed by atoms with Crippen LogP contribution < -0.4 is 25.8 Å². The van der Waals surface area contributed by atoms with Crippen LogP contribution in [0, 0.1) is 21.7 Å². The number of nitro groups is 1. The second kappa shape index (κ2) is 9.73. The highest BCUT2D eigenvalue weighted by molar-refractivity contribution is 5.97. The molecule has 4 N–H and O–H groups in total. The van der Waals surface area contributed by atoms with Crippen molar-refractivity contribution < 1.29 is 23.2 Å². The lowest BCUT2D eigenvalue weighted by molar-refractivity contribution is -0.387. The summed E-state index contributed by atoms with van der Waals surface area (Å²) in [6.45, 7) is 0.0898. The molecule has 1 aliphatic heterocycles. The van der Waals surface area contributed by atoms with Crippen molar-refractivity contribution in [2.45, 2.75) is 12.3 Å². The first-order valence-corrected chi connectivity index (χ1v) is 10.2. The smallest absolute Gasteiger partial charge is 0.307 e. The van der Waals surface area contributed by atoms with Gasteiger partial charge in [-0.2, -0.15) is 4.39 Å². The number of methoxy groups -OCH3 is 1. The monoisotopic (exact) mass is 482 g/mol. The highest BCUT2D eigenvalue weighted by atomic mass is 19.1. The SMILES string of the molecule is COc1cc(F)c([N+](=O)[O-])cc1NC1=NC(N)(c2ccc(OCc3ccccn3)c(F)c2)C=CN1. The maximum absolute atomic E-state index is 14.8. The summed E-state index contributed by atoms with van der Waals surface area (Å²) in [5.41, 5.74) is 5.22. The van der Waals surface area contributed by atoms with Crippen LogP contribution in [0.4, 0.5) is 20.2 Å². The maximum atomic E-state index is 14.8. The van der Waals surface area contributed by atoms with Crippen LogP contribution in [-0.2, 0) is 12.3 Å². The van der Waals surface area contributed by atoms with Crippen molar-refractivity contribution in [2.75, 3.05) is 12.4 Å². The molecule has 1 aromatic heterocycles. The number of benzene rings is 2. The second-order valence-corrected chi connectivity index (χ2v) is 7.40. The molecule has 0 radical (unpaired) electrons. The molecule has 0 bridgehead atoms. The lowest BCUT2D eigenvalue weighted by atomic mass is 10.00. The van der Waals surface area contributed by atoms with Crippen LogP contribution in [0.15, 0.2) is 72.0 Å². The third kappa shape index (κ3) is 5.17. The Morgan fingerprint density at radius 2 is 2.00 bits per heavy atom. The third-order valence-corrected chi connectivity index (χ3v) is 5.07. The number of pyridine rings is 1. The van der Waals surface area contributed by atoms with E-state index in [2.05, 4.69) is 20.6 Å². The highest BCUT2D eigenvalue weighted by Gasteiger charge is 2.29. The molecule has 0 aliphatic carbocycles. The zero-order chi connectivity index (χ0) is 25.0. The number of nitrogens with zero attached hydrogens (tertiary/aromatic N) is 3. The number of guanidine groups is 1. The summed E-state index contributed by atoms with van der Waals surface area (Å²) in [5, 5.41) is 16.7. The quantitative estimate of drug-likeness (QED) is 0.344. The fourth-order valence-electron chi connectivity index (χ4n) is 3.31. The first-order valence-electron chi connectivity index (χ1n) is 10.2. The minimum Gasteiger partial charge on any atom is -0.494 e. The van der Waals surface area contributed by atoms with Gasteiger partial charge in [-0.3, -0.25) is 20.8 Å². The number of aliphatic imine (C=N–C) groups is 1. The van der Waals surface area contributed by atoms with Crippen LogP contribution in [0.25, 0.3) is 0 Å². The molecule has 35 heavy (non-hydrogen) atoms. The van der Waals surface area contributed by atoms with Crippen LogP contribution >= 0.6 is 0 Å². The van der Waals surface area contributed by atoms with Gasteiger partial charge in [0.25, 0.3) is 0 Å². The van der Waals surface area contributed by atoms with Crippen molar-refractivity contribution in [3.05, 3.63) is 100 Å². The number of rotatable bonds is 7. The summed E-state index contributed by atoms with van der Waals surface area (Å²) < 4.78 is 39.3. The van der Waals surface area contributed by atoms with Gasteiger partial charge in [0, 0.05) is 30.1 Å². The molecule has 0 spiro atoms. The van der Waals surface area contributed by atoms with Crippen molar-refractivity contribution in [3.8, 4) is 11.5 Å². The molecule has 1 unspecified atom stereocenters. The largest absolute Gasteiger partial charge is 0.494 e. The molecule has 0 fully saturated rings. The molecule has 12 heteroatoms. The van der Waals surface area contributed by atoms with E-state index < -0.39 is 27.9 Å². The lowest BCUT2D eigenvalue weighted by Gasteiger charge is -2.27. The molecule has 1 aliphatic rings. The first-order chi connectivity index (χ1) is 16.8. The van der Waals surface area contributed by atoms with Crippen LogP contribution in [0.5, 0.6) is 11.5 Å². The molecule has 0 amide bonds. The minimum absolute atomic E-state index is 0.00947. The van der Waals surface area contributed by atoms with Gasteiger partial charge < -0.3 is 20.1 Å². The topological polar surface area (TPSA) is 137 Å². The van der Waals surface area contributed by atoms with Gasteiger partial charge in [-0.05, 0) is 30.3 Å². The van der Waals surface area contributed by atoms with E-state index in [0.29, 0.717) is 11.3 Å². The zero-order valence-corrected chi connectivity index (χ0v) is 18.4. The summed E-state index contributed by atoms with van der Waals surface area (Å²) in [7, 11) is 1.29. The number of nitrogens with one attached hydrogen (secondary N) is 2. The first kappa shape index (κ1) is 23.6. The number of hydrogen-bond donors (Lipinski definition) is 3. The molecule has 180 valence electrons. The van der Waals surface area contributed by atoms with Gasteiger partial charge in [0.15, 0.2) is 17.2 Å². The van der Waals surface area contributed by atoms with Gasteiger partial charge in [0.2, 0.25) is 11.8 Å². The predicted molar refractivity (Wildman–Crippen MR) is 124 cm³/mol. The van der Waals surface area contributed by atoms with E-state index >= 15 is 0 Å². The Bertz CT molecular complexity index is 1320. The third-order valence-electron chi connectivity index (χ3n) is 5.07. The van der Waals surface area contributed by atoms with E-state index in [0.717, 1.165) is 12.1 Å². The Morgan fingerprint density at radius 1 is 1.17 bits per heavy atom. The van der Waals surface area contributed by atoms with Crippen molar-refractivity contribution in [2.24, 2.45) is 10.7 Å². The molecular formula is C23H20F2N6O4. The molecule has 0 saturated carbocycles. The van der Waals surface area contributed by atoms with Crippen molar-refractivity contribution in [1.29, 1.82) is 0 Å². The van der Waals surface area contributed by atoms with Crippen molar-refractivity contribution >= 4 is 17.3 Å². The Hall–Kier alpha value is -4.58. The lowest BCUT2D eigenvalue weighted by Crippen LogP contribution is -2.42. The molecule has 10 nitrogen and oxygen atoms in total. The number of halogens is 2. The van der Waals surface area contributed by atoms with Crippen molar-refractivity contribution in [1.82, 2.24) is 10.3 Å². The van der Waals surface area contributed by atoms with E-state index in [-0.39, 0.29) is 29.8 Å². The molecule has 2 aromatic carbocycles. The summed E-state index contributed by atoms with van der Waals surface area (Å²) in [6.07, 6.45) is 4.60. The van der Waals surface area contributed by atoms with E-state index in [1.54, 1.807) is 30.5 Å². The Balaban J connectivity index is 1.56. The van der Waals surface area contributed by atoms with Crippen LogP contribution in [0.3, 0.4) is 0 Å². The number of aromatic nitrogens is 1. The van der Waals surface area contributed by atoms with Gasteiger partial charge >= 0.3 is 5.69 Å². The van der Waals surface area contributed by atoms with Gasteiger partial charge in [-0.1, -0.05) is 12.1 Å². The van der Waals surface area contributed by atoms with Crippen LogP contribution in [0.1, 0.15) is 11.3 Å².